The van der Waals surface area contributed by atoms with Crippen molar-refractivity contribution in [3.8, 4) is 11.5 Å². The van der Waals surface area contributed by atoms with E-state index >= 15 is 0 Å². The predicted octanol–water partition coefficient (Wildman–Crippen LogP) is 4.61. The first kappa shape index (κ1) is 22.7. The van der Waals surface area contributed by atoms with Crippen molar-refractivity contribution in [2.24, 2.45) is 0 Å². The third-order valence-corrected chi connectivity index (χ3v) is 8.09. The van der Waals surface area contributed by atoms with Crippen LogP contribution in [0.1, 0.15) is 27.2 Å². The molecule has 1 aliphatic heterocycles. The van der Waals surface area contributed by atoms with E-state index in [4.69, 9.17) is 21.1 Å². The number of sulfonamides is 1. The Morgan fingerprint density at radius 3 is 2.62 bits per heavy atom. The van der Waals surface area contributed by atoms with Crippen molar-refractivity contribution in [3.63, 3.8) is 0 Å². The number of aryl methyl sites for hydroxylation is 1. The summed E-state index contributed by atoms with van der Waals surface area (Å²) in [6, 6.07) is 12.3. The van der Waals surface area contributed by atoms with E-state index in [1.807, 2.05) is 0 Å². The van der Waals surface area contributed by atoms with Gasteiger partial charge in [-0.15, -0.1) is 11.3 Å². The molecular formula is C22H19ClFNO5S2. The van der Waals surface area contributed by atoms with Crippen molar-refractivity contribution in [1.29, 1.82) is 0 Å². The number of carbonyl (C=O) groups excluding carboxylic acids is 1. The summed E-state index contributed by atoms with van der Waals surface area (Å²) in [4.78, 5) is 13.1. The highest BCUT2D eigenvalue weighted by Gasteiger charge is 2.22. The minimum Gasteiger partial charge on any atom is -0.486 e. The maximum atomic E-state index is 13.8. The second kappa shape index (κ2) is 9.58. The number of Topliss-reactive ketones (excluding diaryl/α,β-unsaturated/α-hetero) is 1. The molecule has 0 amide bonds. The summed E-state index contributed by atoms with van der Waals surface area (Å²) in [5, 5.41) is 0.556. The molecule has 10 heteroatoms. The van der Waals surface area contributed by atoms with E-state index in [2.05, 4.69) is 4.72 Å². The van der Waals surface area contributed by atoms with Crippen LogP contribution in [0, 0.1) is 5.82 Å². The van der Waals surface area contributed by atoms with Crippen LogP contribution in [0.2, 0.25) is 5.02 Å². The fourth-order valence-electron chi connectivity index (χ4n) is 3.22. The Balaban J connectivity index is 1.39. The Morgan fingerprint density at radius 2 is 1.84 bits per heavy atom. The molecular weight excluding hydrogens is 477 g/mol. The van der Waals surface area contributed by atoms with Gasteiger partial charge in [0.05, 0.1) is 0 Å². The molecule has 0 saturated carbocycles. The van der Waals surface area contributed by atoms with Crippen LogP contribution >= 0.6 is 22.9 Å². The summed E-state index contributed by atoms with van der Waals surface area (Å²) in [6.45, 7) is 0.468. The van der Waals surface area contributed by atoms with Crippen LogP contribution in [-0.2, 0) is 23.0 Å². The molecule has 1 N–H and O–H groups in total. The van der Waals surface area contributed by atoms with Crippen molar-refractivity contribution in [2.75, 3.05) is 13.2 Å². The highest BCUT2D eigenvalue weighted by Crippen LogP contribution is 2.35. The van der Waals surface area contributed by atoms with Gasteiger partial charge in [-0.2, -0.15) is 0 Å². The molecule has 0 spiro atoms. The lowest BCUT2D eigenvalue weighted by Crippen LogP contribution is -2.24. The van der Waals surface area contributed by atoms with E-state index in [0.717, 1.165) is 16.2 Å². The van der Waals surface area contributed by atoms with E-state index in [-0.39, 0.29) is 28.7 Å². The number of fused-ring (bicyclic) bond motifs is 1. The van der Waals surface area contributed by atoms with E-state index in [1.165, 1.54) is 18.2 Å². The average molecular weight is 496 g/mol. The summed E-state index contributed by atoms with van der Waals surface area (Å²) in [7, 11) is -3.82. The van der Waals surface area contributed by atoms with Gasteiger partial charge in [0.15, 0.2) is 17.3 Å². The number of ether oxygens (including phenoxy) is 2. The number of hydrogen-bond acceptors (Lipinski definition) is 6. The van der Waals surface area contributed by atoms with Crippen LogP contribution < -0.4 is 14.2 Å². The Morgan fingerprint density at radius 1 is 1.09 bits per heavy atom. The number of nitrogens with one attached hydrogen (secondary N) is 1. The van der Waals surface area contributed by atoms with E-state index in [9.17, 15) is 17.6 Å². The second-order valence-electron chi connectivity index (χ2n) is 7.06. The van der Waals surface area contributed by atoms with Crippen molar-refractivity contribution < 1.29 is 27.1 Å². The largest absolute Gasteiger partial charge is 0.486 e. The van der Waals surface area contributed by atoms with Gasteiger partial charge < -0.3 is 9.47 Å². The molecule has 4 rings (SSSR count). The zero-order valence-electron chi connectivity index (χ0n) is 16.8. The lowest BCUT2D eigenvalue weighted by molar-refractivity contribution is 0.0983. The summed E-state index contributed by atoms with van der Waals surface area (Å²) < 4.78 is 52.8. The summed E-state index contributed by atoms with van der Waals surface area (Å²) in [6.07, 6.45) is 0.673. The second-order valence-corrected chi connectivity index (χ2v) is 10.7. The Hall–Kier alpha value is -2.46. The number of ketones is 1. The lowest BCUT2D eigenvalue weighted by atomic mass is 10.1. The summed E-state index contributed by atoms with van der Waals surface area (Å²) in [5.41, 5.74) is 0.915. The molecule has 3 aromatic rings. The normalized spacial score (nSPS) is 13.2. The van der Waals surface area contributed by atoms with Gasteiger partial charge in [0, 0.05) is 40.1 Å². The Bertz CT molecular complexity index is 1240. The van der Waals surface area contributed by atoms with E-state index in [1.54, 1.807) is 30.3 Å². The van der Waals surface area contributed by atoms with Gasteiger partial charge in [-0.05, 0) is 48.9 Å². The molecule has 0 saturated heterocycles. The summed E-state index contributed by atoms with van der Waals surface area (Å²) in [5.74, 6) is 0.0186. The van der Waals surface area contributed by atoms with Crippen LogP contribution in [0.5, 0.6) is 11.5 Å². The molecule has 2 aromatic carbocycles. The van der Waals surface area contributed by atoms with Crippen LogP contribution in [0.4, 0.5) is 4.39 Å². The third kappa shape index (κ3) is 5.29. The molecule has 2 heterocycles. The third-order valence-electron chi connectivity index (χ3n) is 4.80. The van der Waals surface area contributed by atoms with Gasteiger partial charge >= 0.3 is 0 Å². The zero-order valence-corrected chi connectivity index (χ0v) is 19.2. The first-order chi connectivity index (χ1) is 15.3. The van der Waals surface area contributed by atoms with Crippen LogP contribution in [-0.4, -0.2) is 27.4 Å². The first-order valence-electron chi connectivity index (χ1n) is 9.77. The maximum Gasteiger partial charge on any atom is 0.250 e. The molecule has 6 nitrogen and oxygen atoms in total. The van der Waals surface area contributed by atoms with Crippen molar-refractivity contribution in [3.05, 3.63) is 75.4 Å². The maximum absolute atomic E-state index is 13.8. The minimum atomic E-state index is -3.82. The average Bonchev–Trinajstić information content (AvgIpc) is 3.26. The minimum absolute atomic E-state index is 0.0457. The number of rotatable bonds is 8. The van der Waals surface area contributed by atoms with Gasteiger partial charge in [0.1, 0.15) is 23.2 Å². The molecule has 0 atom stereocenters. The van der Waals surface area contributed by atoms with Crippen LogP contribution in [0.3, 0.4) is 0 Å². The van der Waals surface area contributed by atoms with Gasteiger partial charge in [-0.25, -0.2) is 17.5 Å². The number of thiophene rings is 1. The van der Waals surface area contributed by atoms with Crippen molar-refractivity contribution in [2.45, 2.75) is 23.6 Å². The van der Waals surface area contributed by atoms with Crippen molar-refractivity contribution in [1.82, 2.24) is 4.72 Å². The first-order valence-corrected chi connectivity index (χ1v) is 12.4. The smallest absolute Gasteiger partial charge is 0.250 e. The molecule has 0 aliphatic carbocycles. The van der Waals surface area contributed by atoms with Crippen LogP contribution in [0.15, 0.2) is 52.7 Å². The molecule has 1 aliphatic rings. The van der Waals surface area contributed by atoms with Crippen LogP contribution in [0.25, 0.3) is 0 Å². The topological polar surface area (TPSA) is 81.7 Å². The molecule has 0 fully saturated rings. The van der Waals surface area contributed by atoms with E-state index < -0.39 is 15.8 Å². The Labute approximate surface area is 194 Å². The van der Waals surface area contributed by atoms with Crippen molar-refractivity contribution >= 4 is 38.7 Å². The molecule has 0 unspecified atom stereocenters. The number of hydrogen-bond donors (Lipinski definition) is 1. The fraction of sp³-hybridized carbons (Fsp3) is 0.227. The molecule has 0 bridgehead atoms. The molecule has 0 radical (unpaired) electrons. The van der Waals surface area contributed by atoms with Gasteiger partial charge in [0.25, 0.3) is 0 Å². The highest BCUT2D eigenvalue weighted by molar-refractivity contribution is 7.91. The van der Waals surface area contributed by atoms with Gasteiger partial charge in [-0.3, -0.25) is 4.79 Å². The van der Waals surface area contributed by atoms with Gasteiger partial charge in [0.2, 0.25) is 10.0 Å². The molecule has 168 valence electrons. The fourth-order valence-corrected chi connectivity index (χ4v) is 5.75. The monoisotopic (exact) mass is 495 g/mol. The van der Waals surface area contributed by atoms with E-state index in [0.29, 0.717) is 41.5 Å². The number of halogens is 2. The zero-order chi connectivity index (χ0) is 22.7. The molecule has 1 aromatic heterocycles. The highest BCUT2D eigenvalue weighted by atomic mass is 35.5. The summed E-state index contributed by atoms with van der Waals surface area (Å²) >= 11 is 6.93. The quantitative estimate of drug-likeness (QED) is 0.462. The molecule has 32 heavy (non-hydrogen) atoms. The predicted molar refractivity (Wildman–Crippen MR) is 120 cm³/mol. The number of carbonyl (C=O) groups is 1. The Kier molecular flexibility index (Phi) is 6.80. The SMILES string of the molecule is O=C(CCc1ccc(S(=O)(=O)NCc2cc(F)cc3c2OCCO3)s1)c1ccc(Cl)cc1. The van der Waals surface area contributed by atoms with Gasteiger partial charge in [-0.1, -0.05) is 11.6 Å². The lowest BCUT2D eigenvalue weighted by Gasteiger charge is -2.21. The number of benzene rings is 2. The standard InChI is InChI=1S/C22H19ClFNO5S2/c23-16-3-1-14(2-4-16)19(26)7-5-18-6-8-21(31-18)32(27,28)25-13-15-11-17(24)12-20-22(15)30-10-9-29-20/h1-4,6,8,11-12,25H,5,7,9-10,13H2.